The highest BCUT2D eigenvalue weighted by Gasteiger charge is 2.27. The topological polar surface area (TPSA) is 66.4 Å². The third-order valence-corrected chi connectivity index (χ3v) is 3.41. The summed E-state index contributed by atoms with van der Waals surface area (Å²) in [4.78, 5) is 22.4. The van der Waals surface area contributed by atoms with Crippen LogP contribution in [-0.4, -0.2) is 34.7 Å². The first-order chi connectivity index (χ1) is 9.78. The van der Waals surface area contributed by atoms with Crippen LogP contribution in [0.25, 0.3) is 0 Å². The number of nitrogens with one attached hydrogen (secondary N) is 1. The van der Waals surface area contributed by atoms with Gasteiger partial charge in [-0.05, 0) is 5.56 Å². The first-order valence-electron chi connectivity index (χ1n) is 5.98. The fourth-order valence-corrected chi connectivity index (χ4v) is 2.21. The van der Waals surface area contributed by atoms with Gasteiger partial charge in [-0.3, -0.25) is 9.59 Å². The molecule has 0 aliphatic heterocycles. The molecule has 1 atom stereocenters. The first-order valence-corrected chi connectivity index (χ1v) is 7.14. The van der Waals surface area contributed by atoms with Crippen LogP contribution in [0.15, 0.2) is 30.3 Å². The quantitative estimate of drug-likeness (QED) is 0.810. The van der Waals surface area contributed by atoms with E-state index in [9.17, 15) is 22.8 Å². The van der Waals surface area contributed by atoms with Crippen molar-refractivity contribution in [3.8, 4) is 0 Å². The van der Waals surface area contributed by atoms with Crippen molar-refractivity contribution in [3.63, 3.8) is 0 Å². The Morgan fingerprint density at radius 3 is 2.38 bits per heavy atom. The van der Waals surface area contributed by atoms with Gasteiger partial charge >= 0.3 is 12.1 Å². The van der Waals surface area contributed by atoms with Gasteiger partial charge in [-0.1, -0.05) is 30.3 Å². The van der Waals surface area contributed by atoms with Crippen molar-refractivity contribution >= 4 is 23.6 Å². The monoisotopic (exact) mass is 321 g/mol. The van der Waals surface area contributed by atoms with Gasteiger partial charge in [0.1, 0.15) is 0 Å². The van der Waals surface area contributed by atoms with E-state index in [-0.39, 0.29) is 12.2 Å². The van der Waals surface area contributed by atoms with Gasteiger partial charge in [-0.15, -0.1) is 11.8 Å². The number of carboxylic acid groups (broad SMARTS) is 1. The number of hydrogen-bond donors (Lipinski definition) is 2. The van der Waals surface area contributed by atoms with E-state index in [1.807, 2.05) is 0 Å². The number of rotatable bonds is 7. The predicted molar refractivity (Wildman–Crippen MR) is 73.0 cm³/mol. The Morgan fingerprint density at radius 1 is 1.24 bits per heavy atom. The van der Waals surface area contributed by atoms with Crippen LogP contribution in [0.3, 0.4) is 0 Å². The number of hydrogen-bond acceptors (Lipinski definition) is 3. The van der Waals surface area contributed by atoms with Gasteiger partial charge in [-0.25, -0.2) is 0 Å². The first kappa shape index (κ1) is 17.4. The Bertz CT molecular complexity index is 479. The predicted octanol–water partition coefficient (Wildman–Crippen LogP) is 2.61. The summed E-state index contributed by atoms with van der Waals surface area (Å²) in [6.07, 6.45) is -4.66. The molecule has 8 heteroatoms. The van der Waals surface area contributed by atoms with E-state index in [4.69, 9.17) is 5.11 Å². The van der Waals surface area contributed by atoms with Crippen LogP contribution in [0, 0.1) is 0 Å². The molecule has 0 spiro atoms. The van der Waals surface area contributed by atoms with Gasteiger partial charge in [-0.2, -0.15) is 13.2 Å². The number of alkyl halides is 3. The van der Waals surface area contributed by atoms with Crippen molar-refractivity contribution in [2.75, 3.05) is 11.5 Å². The van der Waals surface area contributed by atoms with Crippen molar-refractivity contribution in [1.29, 1.82) is 0 Å². The number of halogens is 3. The second-order valence-electron chi connectivity index (χ2n) is 4.24. The second kappa shape index (κ2) is 7.92. The molecule has 0 aromatic heterocycles. The largest absolute Gasteiger partial charge is 0.481 e. The van der Waals surface area contributed by atoms with Crippen LogP contribution in [-0.2, 0) is 9.59 Å². The summed E-state index contributed by atoms with van der Waals surface area (Å²) in [6, 6.07) is 7.65. The molecule has 0 aliphatic carbocycles. The summed E-state index contributed by atoms with van der Waals surface area (Å²) in [6.45, 7) is 0. The van der Waals surface area contributed by atoms with Gasteiger partial charge in [0.05, 0.1) is 24.0 Å². The van der Waals surface area contributed by atoms with Crippen LogP contribution in [0.4, 0.5) is 13.2 Å². The third-order valence-electron chi connectivity index (χ3n) is 2.41. The standard InChI is InChI=1S/C13H14F3NO3S/c14-13(15,16)8-21-7-11(18)17-10(6-12(19)20)9-4-2-1-3-5-9/h1-5,10H,6-8H2,(H,17,18)(H,19,20). The molecule has 2 N–H and O–H groups in total. The molecule has 0 radical (unpaired) electrons. The van der Waals surface area contributed by atoms with Gasteiger partial charge in [0.25, 0.3) is 0 Å². The Kier molecular flexibility index (Phi) is 6.54. The highest BCUT2D eigenvalue weighted by atomic mass is 32.2. The molecule has 1 aromatic rings. The number of carbonyl (C=O) groups excluding carboxylic acids is 1. The van der Waals surface area contributed by atoms with E-state index in [0.29, 0.717) is 17.3 Å². The zero-order valence-corrected chi connectivity index (χ0v) is 11.7. The Hall–Kier alpha value is -1.70. The number of carbonyl (C=O) groups is 2. The smallest absolute Gasteiger partial charge is 0.397 e. The number of thioether (sulfide) groups is 1. The third kappa shape index (κ3) is 7.60. The molecule has 0 heterocycles. The summed E-state index contributed by atoms with van der Waals surface area (Å²) >= 11 is 0.440. The molecule has 0 saturated carbocycles. The van der Waals surface area contributed by atoms with E-state index in [1.165, 1.54) is 0 Å². The maximum absolute atomic E-state index is 12.0. The minimum absolute atomic E-state index is 0.334. The van der Waals surface area contributed by atoms with Gasteiger partial charge in [0, 0.05) is 0 Å². The van der Waals surface area contributed by atoms with Gasteiger partial charge < -0.3 is 10.4 Å². The lowest BCUT2D eigenvalue weighted by molar-refractivity contribution is -0.137. The fraction of sp³-hybridized carbons (Fsp3) is 0.385. The van der Waals surface area contributed by atoms with Crippen LogP contribution in [0.5, 0.6) is 0 Å². The van der Waals surface area contributed by atoms with Crippen molar-refractivity contribution < 1.29 is 27.9 Å². The van der Waals surface area contributed by atoms with Crippen molar-refractivity contribution in [2.24, 2.45) is 0 Å². The lowest BCUT2D eigenvalue weighted by atomic mass is 10.0. The molecule has 0 bridgehead atoms. The second-order valence-corrected chi connectivity index (χ2v) is 5.22. The molecule has 0 saturated heterocycles. The average Bonchev–Trinajstić information content (AvgIpc) is 2.37. The summed E-state index contributed by atoms with van der Waals surface area (Å²) in [7, 11) is 0. The molecule has 1 aromatic carbocycles. The number of benzene rings is 1. The molecule has 0 fully saturated rings. The molecule has 4 nitrogen and oxygen atoms in total. The van der Waals surface area contributed by atoms with E-state index in [0.717, 1.165) is 0 Å². The van der Waals surface area contributed by atoms with E-state index in [2.05, 4.69) is 5.32 Å². The summed E-state index contributed by atoms with van der Waals surface area (Å²) in [5.41, 5.74) is 0.592. The van der Waals surface area contributed by atoms with Gasteiger partial charge in [0.15, 0.2) is 0 Å². The highest BCUT2D eigenvalue weighted by Crippen LogP contribution is 2.21. The van der Waals surface area contributed by atoms with E-state index in [1.54, 1.807) is 30.3 Å². The maximum atomic E-state index is 12.0. The number of aliphatic carboxylic acids is 1. The Balaban J connectivity index is 2.57. The zero-order valence-electron chi connectivity index (χ0n) is 10.9. The lowest BCUT2D eigenvalue weighted by Crippen LogP contribution is -2.32. The molecule has 116 valence electrons. The maximum Gasteiger partial charge on any atom is 0.397 e. The minimum atomic E-state index is -4.33. The van der Waals surface area contributed by atoms with Crippen LogP contribution < -0.4 is 5.32 Å². The van der Waals surface area contributed by atoms with Crippen LogP contribution in [0.2, 0.25) is 0 Å². The summed E-state index contributed by atoms with van der Waals surface area (Å²) in [5.74, 6) is -3.22. The molecule has 1 rings (SSSR count). The molecule has 0 aliphatic rings. The highest BCUT2D eigenvalue weighted by molar-refractivity contribution is 8.00. The average molecular weight is 321 g/mol. The van der Waals surface area contributed by atoms with E-state index < -0.39 is 29.8 Å². The molecule has 1 unspecified atom stereocenters. The SMILES string of the molecule is O=C(O)CC(NC(=O)CSCC(F)(F)F)c1ccccc1. The molecular weight excluding hydrogens is 307 g/mol. The van der Waals surface area contributed by atoms with Crippen molar-refractivity contribution in [3.05, 3.63) is 35.9 Å². The minimum Gasteiger partial charge on any atom is -0.481 e. The van der Waals surface area contributed by atoms with Crippen LogP contribution in [0.1, 0.15) is 18.0 Å². The van der Waals surface area contributed by atoms with Crippen LogP contribution >= 0.6 is 11.8 Å². The molecule has 21 heavy (non-hydrogen) atoms. The molecule has 1 amide bonds. The molecular formula is C13H14F3NO3S. The fourth-order valence-electron chi connectivity index (χ4n) is 1.61. The Labute approximate surface area is 123 Å². The van der Waals surface area contributed by atoms with Crippen molar-refractivity contribution in [2.45, 2.75) is 18.6 Å². The normalized spacial score (nSPS) is 12.7. The Morgan fingerprint density at radius 2 is 1.86 bits per heavy atom. The zero-order chi connectivity index (χ0) is 15.9. The van der Waals surface area contributed by atoms with E-state index >= 15 is 0 Å². The summed E-state index contributed by atoms with van der Waals surface area (Å²) < 4.78 is 35.9. The van der Waals surface area contributed by atoms with Gasteiger partial charge in [0.2, 0.25) is 5.91 Å². The lowest BCUT2D eigenvalue weighted by Gasteiger charge is -2.17. The number of carboxylic acids is 1. The number of amides is 1. The van der Waals surface area contributed by atoms with Crippen molar-refractivity contribution in [1.82, 2.24) is 5.32 Å². The summed E-state index contributed by atoms with van der Waals surface area (Å²) in [5, 5.41) is 11.3.